The minimum absolute atomic E-state index is 0. The average molecular weight is 920 g/mol. The molecule has 0 amide bonds. The Morgan fingerprint density at radius 1 is 0.712 bits per heavy atom. The molecule has 0 aliphatic carbocycles. The normalized spacial score (nSPS) is 12.4. The summed E-state index contributed by atoms with van der Waals surface area (Å²) in [6, 6.07) is 22.9. The largest absolute Gasteiger partial charge is 2.00 e. The standard InChI is InChI=1S/C37H18F6N6S2.Pt/c1-35(2,33-19(16-44)17-48(46-33)27-14-6-10-22-20-8-4-12-24(36(38,39)40)29(20)50-31(22)27)34-26(45-3)18-49(47-34)28-15-7-11-23-21-9-5-13-25(37(41,42)43)30(21)51-32(23)28;/h4-13,17-18H,1-2H3;/q-2;+2. The maximum atomic E-state index is 13.9. The van der Waals surface area contributed by atoms with Crippen molar-refractivity contribution < 1.29 is 47.4 Å². The molecule has 4 aromatic heterocycles. The molecular weight excluding hydrogens is 902 g/mol. The van der Waals surface area contributed by atoms with Crippen LogP contribution in [0, 0.1) is 30.0 Å². The number of halogens is 6. The maximum Gasteiger partial charge on any atom is 2.00 e. The summed E-state index contributed by atoms with van der Waals surface area (Å²) in [7, 11) is 0. The fourth-order valence-electron chi connectivity index (χ4n) is 6.44. The second-order valence-corrected chi connectivity index (χ2v) is 14.2. The topological polar surface area (TPSA) is 63.8 Å². The van der Waals surface area contributed by atoms with Crippen LogP contribution in [0.4, 0.5) is 32.0 Å². The van der Waals surface area contributed by atoms with Crippen LogP contribution in [-0.2, 0) is 38.8 Å². The van der Waals surface area contributed by atoms with E-state index in [4.69, 9.17) is 16.8 Å². The number of nitrogens with zero attached hydrogens (tertiary/aromatic N) is 6. The third kappa shape index (κ3) is 5.40. The number of rotatable bonds is 4. The van der Waals surface area contributed by atoms with Crippen molar-refractivity contribution in [2.45, 2.75) is 31.6 Å². The Bertz CT molecular complexity index is 2620. The van der Waals surface area contributed by atoms with Crippen molar-refractivity contribution in [3.63, 3.8) is 0 Å². The van der Waals surface area contributed by atoms with Crippen LogP contribution >= 0.6 is 22.7 Å². The second kappa shape index (κ2) is 12.3. The summed E-state index contributed by atoms with van der Waals surface area (Å²) in [6.07, 6.45) is -6.18. The Hall–Kier alpha value is -5.01. The van der Waals surface area contributed by atoms with Crippen LogP contribution in [0.25, 0.3) is 56.6 Å². The molecule has 0 atom stereocenters. The molecule has 8 aromatic rings. The first-order chi connectivity index (χ1) is 24.2. The molecule has 260 valence electrons. The van der Waals surface area contributed by atoms with E-state index in [2.05, 4.69) is 23.0 Å². The van der Waals surface area contributed by atoms with E-state index in [1.165, 1.54) is 33.9 Å². The molecule has 0 aliphatic heterocycles. The summed E-state index contributed by atoms with van der Waals surface area (Å²) < 4.78 is 87.3. The fraction of sp³-hybridized carbons (Fsp3) is 0.135. The SMILES string of the molecule is [C-]#[N+]c1cn(-c2[c-]ccc3c2sc2c(C(F)(F)F)cccc23)nc1C(C)(C)c1nn(-c2[c-]ccc3c2sc2c(C(F)(F)F)cccc23)cc1C#N.[Pt+2]. The molecule has 0 N–H and O–H groups in total. The van der Waals surface area contributed by atoms with Crippen molar-refractivity contribution in [1.29, 1.82) is 5.26 Å². The molecule has 0 bridgehead atoms. The van der Waals surface area contributed by atoms with E-state index >= 15 is 0 Å². The van der Waals surface area contributed by atoms with E-state index in [0.29, 0.717) is 42.3 Å². The summed E-state index contributed by atoms with van der Waals surface area (Å²) in [5.41, 5.74) is -1.20. The number of hydrogen-bond donors (Lipinski definition) is 0. The van der Waals surface area contributed by atoms with E-state index in [9.17, 15) is 31.6 Å². The molecule has 6 nitrogen and oxygen atoms in total. The van der Waals surface area contributed by atoms with Crippen molar-refractivity contribution in [3.8, 4) is 17.4 Å². The molecule has 0 fully saturated rings. The summed E-state index contributed by atoms with van der Waals surface area (Å²) >= 11 is 1.92. The van der Waals surface area contributed by atoms with Crippen molar-refractivity contribution in [3.05, 3.63) is 125 Å². The van der Waals surface area contributed by atoms with Crippen LogP contribution < -0.4 is 0 Å². The van der Waals surface area contributed by atoms with Crippen molar-refractivity contribution in [2.75, 3.05) is 0 Å². The van der Waals surface area contributed by atoms with Gasteiger partial charge in [0.1, 0.15) is 6.07 Å². The monoisotopic (exact) mass is 919 g/mol. The summed E-state index contributed by atoms with van der Waals surface area (Å²) in [5.74, 6) is 0. The van der Waals surface area contributed by atoms with Gasteiger partial charge in [-0.05, 0) is 57.5 Å². The molecule has 15 heteroatoms. The fourth-order valence-corrected chi connectivity index (χ4v) is 9.08. The molecule has 0 unspecified atom stereocenters. The van der Waals surface area contributed by atoms with Crippen LogP contribution in [0.15, 0.2) is 73.1 Å². The molecule has 0 saturated heterocycles. The zero-order valence-electron chi connectivity index (χ0n) is 26.5. The number of benzene rings is 4. The van der Waals surface area contributed by atoms with Crippen molar-refractivity contribution >= 4 is 68.7 Å². The maximum absolute atomic E-state index is 13.9. The Labute approximate surface area is 313 Å². The van der Waals surface area contributed by atoms with E-state index < -0.39 is 28.9 Å². The van der Waals surface area contributed by atoms with Gasteiger partial charge in [0.25, 0.3) is 0 Å². The Balaban J connectivity index is 0.00000420. The quantitative estimate of drug-likeness (QED) is 0.130. The molecule has 0 aliphatic rings. The zero-order chi connectivity index (χ0) is 36.0. The summed E-state index contributed by atoms with van der Waals surface area (Å²) in [4.78, 5) is 3.68. The van der Waals surface area contributed by atoms with E-state index in [0.717, 1.165) is 34.8 Å². The van der Waals surface area contributed by atoms with Gasteiger partial charge in [0.2, 0.25) is 5.69 Å². The van der Waals surface area contributed by atoms with Gasteiger partial charge < -0.3 is 0 Å². The number of hydrogen-bond acceptors (Lipinski definition) is 5. The third-order valence-corrected chi connectivity index (χ3v) is 11.3. The molecule has 4 heterocycles. The first-order valence-electron chi connectivity index (χ1n) is 15.1. The van der Waals surface area contributed by atoms with Crippen LogP contribution in [0.3, 0.4) is 0 Å². The van der Waals surface area contributed by atoms with Gasteiger partial charge in [0, 0.05) is 27.2 Å². The van der Waals surface area contributed by atoms with Crippen molar-refractivity contribution in [2.24, 2.45) is 0 Å². The first-order valence-corrected chi connectivity index (χ1v) is 16.7. The van der Waals surface area contributed by atoms with Crippen LogP contribution in [0.5, 0.6) is 0 Å². The van der Waals surface area contributed by atoms with E-state index in [1.807, 2.05) is 0 Å². The number of aromatic nitrogens is 4. The Morgan fingerprint density at radius 2 is 1.17 bits per heavy atom. The van der Waals surface area contributed by atoms with Gasteiger partial charge in [-0.25, -0.2) is 27.5 Å². The van der Waals surface area contributed by atoms with Crippen LogP contribution in [0.1, 0.15) is 41.9 Å². The first kappa shape index (κ1) is 35.4. The van der Waals surface area contributed by atoms with Gasteiger partial charge in [-0.1, -0.05) is 24.3 Å². The van der Waals surface area contributed by atoms with Gasteiger partial charge in [0.05, 0.1) is 34.7 Å². The molecule has 0 saturated carbocycles. The smallest absolute Gasteiger partial charge is 0.276 e. The predicted octanol–water partition coefficient (Wildman–Crippen LogP) is 11.2. The Morgan fingerprint density at radius 3 is 1.63 bits per heavy atom. The number of alkyl halides is 6. The summed E-state index contributed by atoms with van der Waals surface area (Å²) in [6.45, 7) is 11.4. The van der Waals surface area contributed by atoms with Gasteiger partial charge in [-0.15, -0.1) is 10.8 Å². The second-order valence-electron chi connectivity index (χ2n) is 12.2. The van der Waals surface area contributed by atoms with Crippen LogP contribution in [-0.4, -0.2) is 19.6 Å². The molecule has 52 heavy (non-hydrogen) atoms. The minimum atomic E-state index is -4.56. The van der Waals surface area contributed by atoms with Gasteiger partial charge in [0.15, 0.2) is 0 Å². The van der Waals surface area contributed by atoms with Crippen molar-refractivity contribution in [1.82, 2.24) is 19.6 Å². The van der Waals surface area contributed by atoms with Gasteiger partial charge >= 0.3 is 33.4 Å². The molecule has 0 radical (unpaired) electrons. The van der Waals surface area contributed by atoms with E-state index in [1.54, 1.807) is 50.2 Å². The summed E-state index contributed by atoms with van der Waals surface area (Å²) in [5, 5.41) is 21.7. The molecule has 8 rings (SSSR count). The number of thiophene rings is 2. The van der Waals surface area contributed by atoms with Gasteiger partial charge in [-0.2, -0.15) is 78.2 Å². The third-order valence-electron chi connectivity index (χ3n) is 8.78. The predicted molar refractivity (Wildman–Crippen MR) is 184 cm³/mol. The minimum Gasteiger partial charge on any atom is -0.276 e. The number of nitriles is 1. The van der Waals surface area contributed by atoms with Crippen LogP contribution in [0.2, 0.25) is 0 Å². The molecule has 4 aromatic carbocycles. The average Bonchev–Trinajstić information content (AvgIpc) is 3.89. The molecule has 0 spiro atoms. The number of fused-ring (bicyclic) bond motifs is 6. The van der Waals surface area contributed by atoms with Gasteiger partial charge in [-0.3, -0.25) is 9.36 Å². The van der Waals surface area contributed by atoms with E-state index in [-0.39, 0.29) is 53.1 Å². The Kier molecular flexibility index (Phi) is 8.37. The molecular formula is C37H18F6N6PtS2. The zero-order valence-corrected chi connectivity index (χ0v) is 30.4.